The molecular formula is C24H30ClN3O3. The lowest BCUT2D eigenvalue weighted by Crippen LogP contribution is -2.66. The molecule has 1 N–H and O–H groups in total. The number of carbonyl (C=O) groups excluding carboxylic acids is 3. The number of hydrogen-bond acceptors (Lipinski definition) is 3. The van der Waals surface area contributed by atoms with E-state index < -0.39 is 0 Å². The minimum atomic E-state index is -0.338. The summed E-state index contributed by atoms with van der Waals surface area (Å²) in [6, 6.07) is 6.96. The summed E-state index contributed by atoms with van der Waals surface area (Å²) >= 11 is 5.93. The van der Waals surface area contributed by atoms with Gasteiger partial charge in [0, 0.05) is 49.2 Å². The standard InChI is InChI=1S/C24H30ClN3O3/c1-16(29)26-24-13-17-10-18(14-24)12-23(11-17,15-24)22(31)28-8-6-27(7-9-28)21(30)19-2-4-20(25)5-3-19/h2-5,17-18H,6-15H2,1H3,(H,26,29)/t17-,18-,23?,24?/m0/s1. The number of halogens is 1. The maximum absolute atomic E-state index is 13.8. The quantitative estimate of drug-likeness (QED) is 0.780. The first kappa shape index (κ1) is 20.8. The predicted molar refractivity (Wildman–Crippen MR) is 118 cm³/mol. The minimum Gasteiger partial charge on any atom is -0.351 e. The number of nitrogens with zero attached hydrogens (tertiary/aromatic N) is 2. The molecule has 0 spiro atoms. The van der Waals surface area contributed by atoms with Crippen molar-refractivity contribution < 1.29 is 14.4 Å². The molecule has 2 atom stereocenters. The Morgan fingerprint density at radius 2 is 1.52 bits per heavy atom. The molecule has 1 aliphatic heterocycles. The number of rotatable bonds is 3. The van der Waals surface area contributed by atoms with E-state index in [1.54, 1.807) is 31.2 Å². The van der Waals surface area contributed by atoms with E-state index in [2.05, 4.69) is 5.32 Å². The summed E-state index contributed by atoms with van der Waals surface area (Å²) in [5.74, 6) is 1.31. The van der Waals surface area contributed by atoms with E-state index >= 15 is 0 Å². The van der Waals surface area contributed by atoms with Gasteiger partial charge in [0.15, 0.2) is 0 Å². The van der Waals surface area contributed by atoms with Gasteiger partial charge in [-0.25, -0.2) is 0 Å². The Bertz CT molecular complexity index is 893. The molecule has 1 saturated heterocycles. The summed E-state index contributed by atoms with van der Waals surface area (Å²) in [7, 11) is 0. The lowest BCUT2D eigenvalue weighted by molar-refractivity contribution is -0.164. The van der Waals surface area contributed by atoms with Crippen LogP contribution in [0.4, 0.5) is 0 Å². The lowest BCUT2D eigenvalue weighted by atomic mass is 9.46. The first-order chi connectivity index (χ1) is 14.8. The van der Waals surface area contributed by atoms with Gasteiger partial charge in [0.1, 0.15) is 0 Å². The van der Waals surface area contributed by atoms with Crippen molar-refractivity contribution in [3.05, 3.63) is 34.9 Å². The monoisotopic (exact) mass is 443 g/mol. The fraction of sp³-hybridized carbons (Fsp3) is 0.625. The number of nitrogens with one attached hydrogen (secondary N) is 1. The zero-order valence-corrected chi connectivity index (χ0v) is 18.8. The highest BCUT2D eigenvalue weighted by atomic mass is 35.5. The van der Waals surface area contributed by atoms with E-state index in [1.165, 1.54) is 6.42 Å². The average Bonchev–Trinajstić information content (AvgIpc) is 2.71. The summed E-state index contributed by atoms with van der Waals surface area (Å²) in [5, 5.41) is 3.85. The Balaban J connectivity index is 1.27. The smallest absolute Gasteiger partial charge is 0.253 e. The maximum atomic E-state index is 13.8. The zero-order valence-electron chi connectivity index (χ0n) is 18.0. The molecule has 5 fully saturated rings. The van der Waals surface area contributed by atoms with Crippen molar-refractivity contribution in [2.75, 3.05) is 26.2 Å². The molecule has 0 radical (unpaired) electrons. The van der Waals surface area contributed by atoms with Gasteiger partial charge in [-0.1, -0.05) is 11.6 Å². The van der Waals surface area contributed by atoms with Crippen LogP contribution in [0.5, 0.6) is 0 Å². The van der Waals surface area contributed by atoms with Gasteiger partial charge in [0.05, 0.1) is 5.41 Å². The average molecular weight is 444 g/mol. The Labute approximate surface area is 188 Å². The van der Waals surface area contributed by atoms with Crippen LogP contribution in [0, 0.1) is 17.3 Å². The molecule has 1 aromatic rings. The third-order valence-electron chi connectivity index (χ3n) is 7.90. The van der Waals surface area contributed by atoms with E-state index in [9.17, 15) is 14.4 Å². The highest BCUT2D eigenvalue weighted by Gasteiger charge is 2.61. The van der Waals surface area contributed by atoms with Crippen LogP contribution in [0.25, 0.3) is 0 Å². The molecule has 6 nitrogen and oxygen atoms in total. The van der Waals surface area contributed by atoms with Crippen LogP contribution in [-0.2, 0) is 9.59 Å². The first-order valence-electron chi connectivity index (χ1n) is 11.4. The molecule has 4 aliphatic carbocycles. The summed E-state index contributed by atoms with van der Waals surface area (Å²) < 4.78 is 0. The Hall–Kier alpha value is -2.08. The van der Waals surface area contributed by atoms with Gasteiger partial charge in [-0.2, -0.15) is 0 Å². The van der Waals surface area contributed by atoms with Gasteiger partial charge in [0.2, 0.25) is 11.8 Å². The fourth-order valence-corrected chi connectivity index (χ4v) is 7.38. The summed E-state index contributed by atoms with van der Waals surface area (Å²) in [5.41, 5.74) is 0.0924. The SMILES string of the molecule is CC(=O)NC12C[C@H]3C[C@H](C1)CC(C(=O)N1CCN(C(=O)c4ccc(Cl)cc4)CC1)(C3)C2. The fourth-order valence-electron chi connectivity index (χ4n) is 7.26. The zero-order chi connectivity index (χ0) is 21.8. The number of benzene rings is 1. The topological polar surface area (TPSA) is 69.7 Å². The Kier molecular flexibility index (Phi) is 5.04. The molecule has 4 saturated carbocycles. The van der Waals surface area contributed by atoms with E-state index in [4.69, 9.17) is 11.6 Å². The normalized spacial score (nSPS) is 34.0. The number of amides is 3. The number of piperazine rings is 1. The van der Waals surface area contributed by atoms with E-state index in [0.29, 0.717) is 48.6 Å². The van der Waals surface area contributed by atoms with Crippen molar-refractivity contribution >= 4 is 29.3 Å². The molecule has 6 rings (SSSR count). The summed E-state index contributed by atoms with van der Waals surface area (Å²) in [4.78, 5) is 42.2. The molecule has 3 amide bonds. The van der Waals surface area contributed by atoms with Crippen molar-refractivity contribution in [2.45, 2.75) is 51.0 Å². The van der Waals surface area contributed by atoms with Crippen LogP contribution in [0.2, 0.25) is 5.02 Å². The Morgan fingerprint density at radius 1 is 0.935 bits per heavy atom. The molecule has 31 heavy (non-hydrogen) atoms. The highest BCUT2D eigenvalue weighted by Crippen LogP contribution is 2.62. The largest absolute Gasteiger partial charge is 0.351 e. The van der Waals surface area contributed by atoms with Crippen LogP contribution in [0.15, 0.2) is 24.3 Å². The van der Waals surface area contributed by atoms with Gasteiger partial charge in [-0.15, -0.1) is 0 Å². The van der Waals surface area contributed by atoms with Crippen molar-refractivity contribution in [3.63, 3.8) is 0 Å². The molecule has 7 heteroatoms. The molecule has 0 aromatic heterocycles. The third-order valence-corrected chi connectivity index (χ3v) is 8.15. The van der Waals surface area contributed by atoms with Gasteiger partial charge in [-0.3, -0.25) is 14.4 Å². The van der Waals surface area contributed by atoms with Gasteiger partial charge < -0.3 is 15.1 Å². The van der Waals surface area contributed by atoms with Crippen molar-refractivity contribution in [1.82, 2.24) is 15.1 Å². The lowest BCUT2D eigenvalue weighted by Gasteiger charge is -2.62. The van der Waals surface area contributed by atoms with Gasteiger partial charge in [-0.05, 0) is 74.6 Å². The second-order valence-electron chi connectivity index (χ2n) is 10.3. The second kappa shape index (κ2) is 7.51. The Morgan fingerprint density at radius 3 is 2.10 bits per heavy atom. The molecule has 5 aliphatic rings. The van der Waals surface area contributed by atoms with Crippen LogP contribution >= 0.6 is 11.6 Å². The summed E-state index contributed by atoms with van der Waals surface area (Å²) in [6.45, 7) is 3.83. The minimum absolute atomic E-state index is 0.0109. The first-order valence-corrected chi connectivity index (χ1v) is 11.8. The predicted octanol–water partition coefficient (Wildman–Crippen LogP) is 3.10. The molecule has 0 unspecified atom stereocenters. The number of carbonyl (C=O) groups is 3. The van der Waals surface area contributed by atoms with E-state index in [-0.39, 0.29) is 28.7 Å². The third kappa shape index (κ3) is 3.73. The van der Waals surface area contributed by atoms with E-state index in [0.717, 1.165) is 32.1 Å². The van der Waals surface area contributed by atoms with Crippen LogP contribution in [0.1, 0.15) is 55.8 Å². The molecular weight excluding hydrogens is 414 g/mol. The highest BCUT2D eigenvalue weighted by molar-refractivity contribution is 6.30. The van der Waals surface area contributed by atoms with Gasteiger partial charge >= 0.3 is 0 Å². The van der Waals surface area contributed by atoms with Crippen LogP contribution in [-0.4, -0.2) is 59.2 Å². The van der Waals surface area contributed by atoms with E-state index in [1.807, 2.05) is 9.80 Å². The van der Waals surface area contributed by atoms with Crippen molar-refractivity contribution in [2.24, 2.45) is 17.3 Å². The summed E-state index contributed by atoms with van der Waals surface area (Å²) in [6.07, 6.45) is 5.90. The number of hydrogen-bond donors (Lipinski definition) is 1. The van der Waals surface area contributed by atoms with Crippen LogP contribution < -0.4 is 5.32 Å². The van der Waals surface area contributed by atoms with Crippen LogP contribution in [0.3, 0.4) is 0 Å². The van der Waals surface area contributed by atoms with Crippen molar-refractivity contribution in [3.8, 4) is 0 Å². The molecule has 1 heterocycles. The van der Waals surface area contributed by atoms with Gasteiger partial charge in [0.25, 0.3) is 5.91 Å². The maximum Gasteiger partial charge on any atom is 0.253 e. The van der Waals surface area contributed by atoms with Crippen molar-refractivity contribution in [1.29, 1.82) is 0 Å². The molecule has 1 aromatic carbocycles. The molecule has 4 bridgehead atoms. The molecule has 166 valence electrons. The second-order valence-corrected chi connectivity index (χ2v) is 10.7.